The summed E-state index contributed by atoms with van der Waals surface area (Å²) >= 11 is 0. The molecule has 2 heteroatoms. The van der Waals surface area contributed by atoms with Crippen LogP contribution in [0.2, 0.25) is 0 Å². The van der Waals surface area contributed by atoms with Gasteiger partial charge in [-0.05, 0) is 41.3 Å². The van der Waals surface area contributed by atoms with E-state index in [-0.39, 0.29) is 0 Å². The Kier molecular flexibility index (Phi) is 5.50. The summed E-state index contributed by atoms with van der Waals surface area (Å²) in [4.78, 5) is 3.78. The Morgan fingerprint density at radius 1 is 0.955 bits per heavy atom. The monoisotopic (exact) mass is 288 g/mol. The van der Waals surface area contributed by atoms with Crippen molar-refractivity contribution in [2.24, 2.45) is 5.73 Å². The maximum atomic E-state index is 5.72. The Hall–Kier alpha value is -2.87. The topological polar surface area (TPSA) is 38.9 Å². The van der Waals surface area contributed by atoms with Gasteiger partial charge in [0.2, 0.25) is 0 Å². The Labute approximate surface area is 132 Å². The average molecular weight is 288 g/mol. The molecule has 2 N–H and O–H groups in total. The van der Waals surface area contributed by atoms with E-state index < -0.39 is 0 Å². The zero-order valence-corrected chi connectivity index (χ0v) is 12.7. The quantitative estimate of drug-likeness (QED) is 0.877. The normalized spacial score (nSPS) is 14.7. The van der Waals surface area contributed by atoms with Crippen molar-refractivity contribution in [3.63, 3.8) is 0 Å². The van der Waals surface area contributed by atoms with Crippen molar-refractivity contribution < 1.29 is 0 Å². The molecule has 1 aromatic heterocycles. The molecule has 0 aliphatic heterocycles. The molecule has 2 aromatic rings. The maximum absolute atomic E-state index is 5.72. The first-order valence-electron chi connectivity index (χ1n) is 7.20. The van der Waals surface area contributed by atoms with Crippen molar-refractivity contribution in [2.45, 2.75) is 6.92 Å². The van der Waals surface area contributed by atoms with E-state index in [1.807, 2.05) is 49.4 Å². The van der Waals surface area contributed by atoms with Gasteiger partial charge in [-0.15, -0.1) is 0 Å². The van der Waals surface area contributed by atoms with E-state index in [0.29, 0.717) is 0 Å². The van der Waals surface area contributed by atoms with Crippen molar-refractivity contribution >= 4 is 11.1 Å². The summed E-state index contributed by atoms with van der Waals surface area (Å²) in [7, 11) is 0. The van der Waals surface area contributed by atoms with Gasteiger partial charge in [0.25, 0.3) is 0 Å². The molecule has 0 atom stereocenters. The molecule has 110 valence electrons. The molecule has 0 radical (unpaired) electrons. The molecule has 0 bridgehead atoms. The third-order valence-corrected chi connectivity index (χ3v) is 3.36. The summed E-state index contributed by atoms with van der Waals surface area (Å²) in [6.07, 6.45) is 11.2. The molecule has 3 rings (SSSR count). The van der Waals surface area contributed by atoms with Gasteiger partial charge in [-0.2, -0.15) is 0 Å². The highest BCUT2D eigenvalue weighted by Crippen LogP contribution is 2.41. The number of hydrogen-bond acceptors (Lipinski definition) is 2. The molecule has 2 nitrogen and oxygen atoms in total. The second-order valence-electron chi connectivity index (χ2n) is 4.68. The fourth-order valence-electron chi connectivity index (χ4n) is 2.45. The van der Waals surface area contributed by atoms with Gasteiger partial charge in [0.15, 0.2) is 0 Å². The molecule has 0 amide bonds. The van der Waals surface area contributed by atoms with E-state index in [0.717, 1.165) is 16.7 Å². The van der Waals surface area contributed by atoms with Crippen molar-refractivity contribution in [3.05, 3.63) is 103 Å². The van der Waals surface area contributed by atoms with Crippen LogP contribution in [0.1, 0.15) is 18.1 Å². The molecular weight excluding hydrogens is 268 g/mol. The Balaban J connectivity index is 0.000000246. The van der Waals surface area contributed by atoms with Crippen molar-refractivity contribution in [2.75, 3.05) is 0 Å². The summed E-state index contributed by atoms with van der Waals surface area (Å²) in [6.45, 7) is 5.89. The molecule has 1 aromatic carbocycles. The molecule has 0 fully saturated rings. The summed E-state index contributed by atoms with van der Waals surface area (Å²) in [5, 5.41) is 0. The van der Waals surface area contributed by atoms with E-state index >= 15 is 0 Å². The zero-order valence-electron chi connectivity index (χ0n) is 12.7. The predicted molar refractivity (Wildman–Crippen MR) is 94.8 cm³/mol. The van der Waals surface area contributed by atoms with E-state index in [2.05, 4.69) is 29.8 Å². The summed E-state index contributed by atoms with van der Waals surface area (Å²) < 4.78 is 0. The van der Waals surface area contributed by atoms with Gasteiger partial charge < -0.3 is 5.73 Å². The fourth-order valence-corrected chi connectivity index (χ4v) is 2.45. The van der Waals surface area contributed by atoms with Gasteiger partial charge in [-0.1, -0.05) is 55.1 Å². The predicted octanol–water partition coefficient (Wildman–Crippen LogP) is 4.60. The number of nitrogens with zero attached hydrogens (tertiary/aromatic N) is 1. The molecule has 0 saturated heterocycles. The molecule has 1 aliphatic rings. The number of rotatable bonds is 2. The molecule has 22 heavy (non-hydrogen) atoms. The van der Waals surface area contributed by atoms with E-state index in [4.69, 9.17) is 5.73 Å². The highest BCUT2D eigenvalue weighted by molar-refractivity contribution is 6.04. The highest BCUT2D eigenvalue weighted by atomic mass is 14.6. The van der Waals surface area contributed by atoms with Gasteiger partial charge in [0.05, 0.1) is 0 Å². The lowest BCUT2D eigenvalue weighted by Gasteiger charge is -2.01. The lowest BCUT2D eigenvalue weighted by molar-refractivity contribution is 1.33. The van der Waals surface area contributed by atoms with Crippen LogP contribution in [-0.4, -0.2) is 4.98 Å². The first-order chi connectivity index (χ1) is 10.8. The largest absolute Gasteiger partial charge is 0.404 e. The third kappa shape index (κ3) is 3.23. The Morgan fingerprint density at radius 3 is 2.09 bits per heavy atom. The van der Waals surface area contributed by atoms with Gasteiger partial charge in [-0.25, -0.2) is 0 Å². The summed E-state index contributed by atoms with van der Waals surface area (Å²) in [5.74, 6) is 0. The van der Waals surface area contributed by atoms with E-state index in [9.17, 15) is 0 Å². The number of fused-ring (bicyclic) bond motifs is 1. The lowest BCUT2D eigenvalue weighted by atomic mass is 10.0. The highest BCUT2D eigenvalue weighted by Gasteiger charge is 2.21. The van der Waals surface area contributed by atoms with Crippen molar-refractivity contribution in [1.29, 1.82) is 0 Å². The average Bonchev–Trinajstić information content (AvgIpc) is 2.90. The van der Waals surface area contributed by atoms with Gasteiger partial charge >= 0.3 is 0 Å². The number of aromatic nitrogens is 1. The minimum absolute atomic E-state index is 1.09. The smallest absolute Gasteiger partial charge is 0.0267 e. The van der Waals surface area contributed by atoms with Crippen molar-refractivity contribution in [1.82, 2.24) is 4.98 Å². The second-order valence-corrected chi connectivity index (χ2v) is 4.68. The number of benzene rings is 1. The van der Waals surface area contributed by atoms with E-state index in [1.165, 1.54) is 11.1 Å². The maximum Gasteiger partial charge on any atom is 0.0267 e. The summed E-state index contributed by atoms with van der Waals surface area (Å²) in [5.41, 5.74) is 11.5. The summed E-state index contributed by atoms with van der Waals surface area (Å²) in [6, 6.07) is 14.0. The standard InChI is InChI=1S/C15H15N.C5H5N/c1-3-7-12-11(4-2)13-8-5-6-9-14(13)15(12)10-16;1-2-4-6-5-3-1/h3-10H,2,16H2,1H3;1-5H/b7-3-,15-10+;. The van der Waals surface area contributed by atoms with Crippen LogP contribution in [0.3, 0.4) is 0 Å². The Bertz CT molecular complexity index is 696. The van der Waals surface area contributed by atoms with Crippen LogP contribution in [0.5, 0.6) is 0 Å². The SMILES string of the molecule is C=CC1=C(/C=C\C)/C(=C\N)c2ccccc21.c1ccncc1. The number of allylic oxidation sites excluding steroid dienone is 6. The first kappa shape index (κ1) is 15.5. The van der Waals surface area contributed by atoms with Gasteiger partial charge in [0.1, 0.15) is 0 Å². The van der Waals surface area contributed by atoms with Crippen LogP contribution in [0.15, 0.2) is 91.4 Å². The second kappa shape index (κ2) is 7.79. The molecule has 0 spiro atoms. The van der Waals surface area contributed by atoms with Crippen LogP contribution in [-0.2, 0) is 0 Å². The minimum Gasteiger partial charge on any atom is -0.404 e. The number of pyridine rings is 1. The first-order valence-corrected chi connectivity index (χ1v) is 7.20. The van der Waals surface area contributed by atoms with E-state index in [1.54, 1.807) is 18.6 Å². The molecule has 1 heterocycles. The Morgan fingerprint density at radius 2 is 1.64 bits per heavy atom. The molecule has 0 unspecified atom stereocenters. The van der Waals surface area contributed by atoms with Crippen molar-refractivity contribution in [3.8, 4) is 0 Å². The van der Waals surface area contributed by atoms with Gasteiger partial charge in [0, 0.05) is 24.2 Å². The zero-order chi connectivity index (χ0) is 15.8. The molecule has 0 saturated carbocycles. The van der Waals surface area contributed by atoms with Crippen LogP contribution in [0, 0.1) is 0 Å². The van der Waals surface area contributed by atoms with Gasteiger partial charge in [-0.3, -0.25) is 4.98 Å². The number of hydrogen-bond donors (Lipinski definition) is 1. The van der Waals surface area contributed by atoms with Crippen LogP contribution < -0.4 is 5.73 Å². The van der Waals surface area contributed by atoms with Crippen LogP contribution in [0.25, 0.3) is 11.1 Å². The third-order valence-electron chi connectivity index (χ3n) is 3.36. The lowest BCUT2D eigenvalue weighted by Crippen LogP contribution is -1.88. The fraction of sp³-hybridized carbons (Fsp3) is 0.0500. The molecule has 1 aliphatic carbocycles. The number of nitrogens with two attached hydrogens (primary N) is 1. The minimum atomic E-state index is 1.09. The van der Waals surface area contributed by atoms with Crippen LogP contribution >= 0.6 is 0 Å². The molecular formula is C20H20N2. The van der Waals surface area contributed by atoms with Crippen LogP contribution in [0.4, 0.5) is 0 Å².